The summed E-state index contributed by atoms with van der Waals surface area (Å²) in [6.07, 6.45) is 1.53. The average Bonchev–Trinajstić information content (AvgIpc) is 2.46. The number of hydrogen-bond acceptors (Lipinski definition) is 4. The average molecular weight is 324 g/mol. The fraction of sp³-hybridized carbons (Fsp3) is 0.143. The molecule has 0 amide bonds. The van der Waals surface area contributed by atoms with Gasteiger partial charge in [-0.25, -0.2) is 22.3 Å². The smallest absolute Gasteiger partial charge is 0.335 e. The summed E-state index contributed by atoms with van der Waals surface area (Å²) in [5, 5.41) is 8.75. The van der Waals surface area contributed by atoms with Crippen molar-refractivity contribution in [1.82, 2.24) is 9.71 Å². The summed E-state index contributed by atoms with van der Waals surface area (Å²) in [6, 6.07) is 6.12. The van der Waals surface area contributed by atoms with Crippen LogP contribution in [-0.4, -0.2) is 24.5 Å². The summed E-state index contributed by atoms with van der Waals surface area (Å²) >= 11 is 0. The molecule has 2 aromatic rings. The van der Waals surface area contributed by atoms with Gasteiger partial charge in [0.15, 0.2) is 0 Å². The molecule has 0 bridgehead atoms. The lowest BCUT2D eigenvalue weighted by molar-refractivity contribution is 0.0696. The summed E-state index contributed by atoms with van der Waals surface area (Å²) in [5.74, 6) is -2.45. The number of carboxylic acids is 1. The van der Waals surface area contributed by atoms with Gasteiger partial charge < -0.3 is 5.11 Å². The van der Waals surface area contributed by atoms with Gasteiger partial charge in [-0.2, -0.15) is 0 Å². The van der Waals surface area contributed by atoms with Crippen LogP contribution in [0.15, 0.2) is 41.4 Å². The van der Waals surface area contributed by atoms with Crippen molar-refractivity contribution in [2.75, 3.05) is 0 Å². The summed E-state index contributed by atoms with van der Waals surface area (Å²) in [5.41, 5.74) is 0.998. The lowest BCUT2D eigenvalue weighted by Gasteiger charge is -2.09. The molecule has 0 radical (unpaired) electrons. The zero-order valence-electron chi connectivity index (χ0n) is 11.6. The van der Waals surface area contributed by atoms with Crippen molar-refractivity contribution in [3.63, 3.8) is 0 Å². The van der Waals surface area contributed by atoms with E-state index in [9.17, 15) is 17.6 Å². The number of aryl methyl sites for hydroxylation is 1. The second-order valence-electron chi connectivity index (χ2n) is 4.54. The highest BCUT2D eigenvalue weighted by Gasteiger charge is 2.20. The molecule has 8 heteroatoms. The molecule has 2 N–H and O–H groups in total. The Morgan fingerprint density at radius 1 is 1.36 bits per heavy atom. The second kappa shape index (κ2) is 6.20. The molecule has 0 aliphatic heterocycles. The van der Waals surface area contributed by atoms with E-state index in [1.165, 1.54) is 6.20 Å². The molecule has 0 fully saturated rings. The van der Waals surface area contributed by atoms with Crippen LogP contribution in [0.5, 0.6) is 0 Å². The molecule has 0 unspecified atom stereocenters. The number of aromatic carboxylic acids is 1. The van der Waals surface area contributed by atoms with E-state index in [2.05, 4.69) is 9.71 Å². The molecule has 22 heavy (non-hydrogen) atoms. The molecule has 1 heterocycles. The van der Waals surface area contributed by atoms with Gasteiger partial charge in [-0.1, -0.05) is 6.07 Å². The highest BCUT2D eigenvalue weighted by molar-refractivity contribution is 7.89. The maximum atomic E-state index is 13.8. The van der Waals surface area contributed by atoms with Crippen molar-refractivity contribution in [3.05, 3.63) is 59.2 Å². The Hall–Kier alpha value is -2.32. The predicted molar refractivity (Wildman–Crippen MR) is 76.4 cm³/mol. The van der Waals surface area contributed by atoms with Crippen LogP contribution in [0, 0.1) is 12.7 Å². The van der Waals surface area contributed by atoms with Crippen molar-refractivity contribution >= 4 is 16.0 Å². The first-order valence-electron chi connectivity index (χ1n) is 6.24. The lowest BCUT2D eigenvalue weighted by atomic mass is 10.2. The van der Waals surface area contributed by atoms with E-state index >= 15 is 0 Å². The predicted octanol–water partition coefficient (Wildman–Crippen LogP) is 1.71. The number of pyridine rings is 1. The van der Waals surface area contributed by atoms with Gasteiger partial charge >= 0.3 is 5.97 Å². The minimum Gasteiger partial charge on any atom is -0.478 e. The van der Waals surface area contributed by atoms with Gasteiger partial charge in [-0.3, -0.25) is 4.98 Å². The van der Waals surface area contributed by atoms with E-state index in [1.54, 1.807) is 19.1 Å². The van der Waals surface area contributed by atoms with Crippen molar-refractivity contribution in [2.24, 2.45) is 0 Å². The minimum atomic E-state index is -4.11. The second-order valence-corrected chi connectivity index (χ2v) is 6.28. The fourth-order valence-electron chi connectivity index (χ4n) is 1.80. The SMILES string of the molecule is Cc1cccnc1CNS(=O)(=O)c1ccc(C(=O)O)cc1F. The highest BCUT2D eigenvalue weighted by Crippen LogP contribution is 2.16. The van der Waals surface area contributed by atoms with Gasteiger partial charge in [-0.15, -0.1) is 0 Å². The summed E-state index contributed by atoms with van der Waals surface area (Å²) < 4.78 is 40.2. The first-order valence-corrected chi connectivity index (χ1v) is 7.72. The van der Waals surface area contributed by atoms with Crippen LogP contribution in [-0.2, 0) is 16.6 Å². The van der Waals surface area contributed by atoms with Crippen LogP contribution < -0.4 is 4.72 Å². The molecule has 0 spiro atoms. The standard InChI is InChI=1S/C14H13FN2O4S/c1-9-3-2-6-16-12(9)8-17-22(20,21)13-5-4-10(14(18)19)7-11(13)15/h2-7,17H,8H2,1H3,(H,18,19). The molecule has 116 valence electrons. The number of carboxylic acid groups (broad SMARTS) is 1. The van der Waals surface area contributed by atoms with Crippen molar-refractivity contribution in [2.45, 2.75) is 18.4 Å². The topological polar surface area (TPSA) is 96.4 Å². The Morgan fingerprint density at radius 2 is 2.09 bits per heavy atom. The van der Waals surface area contributed by atoms with Crippen molar-refractivity contribution < 1.29 is 22.7 Å². The number of benzene rings is 1. The van der Waals surface area contributed by atoms with Crippen LogP contribution in [0.1, 0.15) is 21.6 Å². The van der Waals surface area contributed by atoms with E-state index in [1.807, 2.05) is 0 Å². The Labute approximate surface area is 126 Å². The van der Waals surface area contributed by atoms with E-state index in [-0.39, 0.29) is 12.1 Å². The van der Waals surface area contributed by atoms with E-state index < -0.39 is 26.7 Å². The largest absolute Gasteiger partial charge is 0.478 e. The Bertz CT molecular complexity index is 821. The van der Waals surface area contributed by atoms with Crippen LogP contribution in [0.3, 0.4) is 0 Å². The molecule has 1 aromatic carbocycles. The summed E-state index contributed by atoms with van der Waals surface area (Å²) in [6.45, 7) is 1.69. The van der Waals surface area contributed by atoms with Crippen LogP contribution >= 0.6 is 0 Å². The highest BCUT2D eigenvalue weighted by atomic mass is 32.2. The zero-order valence-corrected chi connectivity index (χ0v) is 12.4. The number of rotatable bonds is 5. The third-order valence-electron chi connectivity index (χ3n) is 3.02. The van der Waals surface area contributed by atoms with Gasteiger partial charge in [0.2, 0.25) is 10.0 Å². The number of carbonyl (C=O) groups is 1. The number of sulfonamides is 1. The third kappa shape index (κ3) is 3.46. The minimum absolute atomic E-state index is 0.0882. The zero-order chi connectivity index (χ0) is 16.3. The van der Waals surface area contributed by atoms with Gasteiger partial charge in [0.1, 0.15) is 10.7 Å². The molecule has 0 aliphatic rings. The lowest BCUT2D eigenvalue weighted by Crippen LogP contribution is -2.25. The van der Waals surface area contributed by atoms with Gasteiger partial charge in [-0.05, 0) is 36.8 Å². The maximum Gasteiger partial charge on any atom is 0.335 e. The molecule has 2 rings (SSSR count). The number of halogens is 1. The van der Waals surface area contributed by atoms with Crippen molar-refractivity contribution in [1.29, 1.82) is 0 Å². The Kier molecular flexibility index (Phi) is 4.53. The number of hydrogen-bond donors (Lipinski definition) is 2. The molecule has 6 nitrogen and oxygen atoms in total. The van der Waals surface area contributed by atoms with Crippen molar-refractivity contribution in [3.8, 4) is 0 Å². The van der Waals surface area contributed by atoms with Crippen LogP contribution in [0.2, 0.25) is 0 Å². The molecular weight excluding hydrogens is 311 g/mol. The first kappa shape index (κ1) is 16.1. The molecule has 0 saturated carbocycles. The summed E-state index contributed by atoms with van der Waals surface area (Å²) in [7, 11) is -4.11. The fourth-order valence-corrected chi connectivity index (χ4v) is 2.84. The molecule has 1 aromatic heterocycles. The maximum absolute atomic E-state index is 13.8. The summed E-state index contributed by atoms with van der Waals surface area (Å²) in [4.78, 5) is 14.2. The van der Waals surface area contributed by atoms with Gasteiger partial charge in [0.05, 0.1) is 17.8 Å². The van der Waals surface area contributed by atoms with E-state index in [4.69, 9.17) is 5.11 Å². The van der Waals surface area contributed by atoms with Crippen LogP contribution in [0.4, 0.5) is 4.39 Å². The Morgan fingerprint density at radius 3 is 2.68 bits per heavy atom. The molecule has 0 atom stereocenters. The quantitative estimate of drug-likeness (QED) is 0.873. The molecule has 0 aliphatic carbocycles. The third-order valence-corrected chi connectivity index (χ3v) is 4.45. The number of nitrogens with one attached hydrogen (secondary N) is 1. The normalized spacial score (nSPS) is 11.4. The molecule has 0 saturated heterocycles. The number of aromatic nitrogens is 1. The monoisotopic (exact) mass is 324 g/mol. The van der Waals surface area contributed by atoms with E-state index in [0.717, 1.165) is 17.7 Å². The van der Waals surface area contributed by atoms with E-state index in [0.29, 0.717) is 11.8 Å². The molecular formula is C14H13FN2O4S. The number of nitrogens with zero attached hydrogens (tertiary/aromatic N) is 1. The van der Waals surface area contributed by atoms with Gasteiger partial charge in [0, 0.05) is 6.20 Å². The van der Waals surface area contributed by atoms with Gasteiger partial charge in [0.25, 0.3) is 0 Å². The van der Waals surface area contributed by atoms with Crippen LogP contribution in [0.25, 0.3) is 0 Å². The first-order chi connectivity index (χ1) is 10.3. The Balaban J connectivity index is 2.24.